The molecule has 23 heavy (non-hydrogen) atoms. The number of benzene rings is 2. The lowest BCUT2D eigenvalue weighted by Crippen LogP contribution is -2.14. The molecule has 0 aliphatic rings. The summed E-state index contributed by atoms with van der Waals surface area (Å²) in [5.41, 5.74) is 8.81. The molecule has 3 aromatic rings. The Morgan fingerprint density at radius 2 is 1.91 bits per heavy atom. The lowest BCUT2D eigenvalue weighted by molar-refractivity contribution is -0.117. The number of nitrogens with two attached hydrogens (primary N) is 1. The van der Waals surface area contributed by atoms with Crippen LogP contribution < -0.4 is 11.1 Å². The van der Waals surface area contributed by atoms with Crippen LogP contribution in [0.15, 0.2) is 42.5 Å². The summed E-state index contributed by atoms with van der Waals surface area (Å²) in [5.74, 6) is -0.676. The quantitative estimate of drug-likeness (QED) is 0.688. The third-order valence-electron chi connectivity index (χ3n) is 3.52. The number of anilines is 1. The molecule has 6 heteroatoms. The standard InChI is InChI=1S/C17H16N4O2/c1-10-2-7-14-13(8-10)16(21-20-14)17(23)19-12-5-3-11(4-6-12)9-15(18)22/h2-8H,9H2,1H3,(H2,18,22)(H,19,23)(H,20,21). The van der Waals surface area contributed by atoms with Gasteiger partial charge in [-0.2, -0.15) is 5.10 Å². The van der Waals surface area contributed by atoms with E-state index in [1.54, 1.807) is 24.3 Å². The highest BCUT2D eigenvalue weighted by molar-refractivity contribution is 6.11. The van der Waals surface area contributed by atoms with Crippen molar-refractivity contribution in [2.75, 3.05) is 5.32 Å². The van der Waals surface area contributed by atoms with Gasteiger partial charge in [-0.3, -0.25) is 14.7 Å². The number of aromatic amines is 1. The zero-order valence-electron chi connectivity index (χ0n) is 12.6. The van der Waals surface area contributed by atoms with E-state index in [-0.39, 0.29) is 18.2 Å². The fraction of sp³-hybridized carbons (Fsp3) is 0.118. The average Bonchev–Trinajstić information content (AvgIpc) is 2.91. The number of H-pyrrole nitrogens is 1. The third kappa shape index (κ3) is 3.21. The number of carbonyl (C=O) groups is 2. The van der Waals surface area contributed by atoms with Crippen LogP contribution in [0.2, 0.25) is 0 Å². The smallest absolute Gasteiger partial charge is 0.276 e. The summed E-state index contributed by atoms with van der Waals surface area (Å²) in [4.78, 5) is 23.3. The summed E-state index contributed by atoms with van der Waals surface area (Å²) in [6, 6.07) is 12.8. The van der Waals surface area contributed by atoms with Crippen LogP contribution in [0, 0.1) is 6.92 Å². The van der Waals surface area contributed by atoms with E-state index in [2.05, 4.69) is 15.5 Å². The minimum absolute atomic E-state index is 0.178. The van der Waals surface area contributed by atoms with Gasteiger partial charge in [0.15, 0.2) is 5.69 Å². The van der Waals surface area contributed by atoms with Gasteiger partial charge in [0, 0.05) is 11.1 Å². The fourth-order valence-electron chi connectivity index (χ4n) is 2.40. The Morgan fingerprint density at radius 3 is 2.61 bits per heavy atom. The van der Waals surface area contributed by atoms with Crippen molar-refractivity contribution in [2.24, 2.45) is 5.73 Å². The summed E-state index contributed by atoms with van der Waals surface area (Å²) in [6.45, 7) is 1.96. The SMILES string of the molecule is Cc1ccc2[nH]nc(C(=O)Nc3ccc(CC(N)=O)cc3)c2c1. The Hall–Kier alpha value is -3.15. The molecule has 1 heterocycles. The minimum Gasteiger partial charge on any atom is -0.369 e. The largest absolute Gasteiger partial charge is 0.369 e. The van der Waals surface area contributed by atoms with E-state index < -0.39 is 0 Å². The highest BCUT2D eigenvalue weighted by atomic mass is 16.2. The van der Waals surface area contributed by atoms with E-state index in [9.17, 15) is 9.59 Å². The second-order valence-electron chi connectivity index (χ2n) is 5.42. The molecule has 0 atom stereocenters. The molecule has 4 N–H and O–H groups in total. The van der Waals surface area contributed by atoms with Crippen LogP contribution in [0.5, 0.6) is 0 Å². The normalized spacial score (nSPS) is 10.7. The molecule has 0 spiro atoms. The van der Waals surface area contributed by atoms with Crippen molar-refractivity contribution < 1.29 is 9.59 Å². The monoisotopic (exact) mass is 308 g/mol. The molecule has 0 radical (unpaired) electrons. The molecule has 2 amide bonds. The molecule has 0 unspecified atom stereocenters. The summed E-state index contributed by atoms with van der Waals surface area (Å²) in [6.07, 6.45) is 0.178. The number of fused-ring (bicyclic) bond motifs is 1. The number of aromatic nitrogens is 2. The first-order valence-electron chi connectivity index (χ1n) is 7.16. The number of nitrogens with zero attached hydrogens (tertiary/aromatic N) is 1. The predicted molar refractivity (Wildman–Crippen MR) is 88.1 cm³/mol. The summed E-state index contributed by atoms with van der Waals surface area (Å²) >= 11 is 0. The van der Waals surface area contributed by atoms with Gasteiger partial charge in [-0.1, -0.05) is 23.8 Å². The first kappa shape index (κ1) is 14.8. The Balaban J connectivity index is 1.80. The van der Waals surface area contributed by atoms with Crippen LogP contribution in [-0.4, -0.2) is 22.0 Å². The number of carbonyl (C=O) groups excluding carboxylic acids is 2. The molecule has 0 aliphatic carbocycles. The van der Waals surface area contributed by atoms with Gasteiger partial charge in [0.05, 0.1) is 11.9 Å². The third-order valence-corrected chi connectivity index (χ3v) is 3.52. The minimum atomic E-state index is -0.389. The van der Waals surface area contributed by atoms with E-state index in [0.717, 1.165) is 22.0 Å². The van der Waals surface area contributed by atoms with E-state index in [1.807, 2.05) is 25.1 Å². The maximum Gasteiger partial charge on any atom is 0.276 e. The second kappa shape index (κ2) is 5.92. The van der Waals surface area contributed by atoms with E-state index in [4.69, 9.17) is 5.73 Å². The van der Waals surface area contributed by atoms with Crippen LogP contribution in [0.3, 0.4) is 0 Å². The predicted octanol–water partition coefficient (Wildman–Crippen LogP) is 2.15. The number of hydrogen-bond acceptors (Lipinski definition) is 3. The molecule has 0 saturated heterocycles. The van der Waals surface area contributed by atoms with Gasteiger partial charge in [-0.05, 0) is 36.8 Å². The summed E-state index contributed by atoms with van der Waals surface area (Å²) in [7, 11) is 0. The Bertz CT molecular complexity index is 881. The van der Waals surface area contributed by atoms with Crippen molar-refractivity contribution in [1.29, 1.82) is 0 Å². The van der Waals surface area contributed by atoms with Crippen molar-refractivity contribution in [2.45, 2.75) is 13.3 Å². The maximum absolute atomic E-state index is 12.4. The number of aryl methyl sites for hydroxylation is 1. The zero-order chi connectivity index (χ0) is 16.4. The van der Waals surface area contributed by atoms with E-state index in [0.29, 0.717) is 11.4 Å². The molecular weight excluding hydrogens is 292 g/mol. The highest BCUT2D eigenvalue weighted by Gasteiger charge is 2.14. The van der Waals surface area contributed by atoms with E-state index in [1.165, 1.54) is 0 Å². The van der Waals surface area contributed by atoms with Gasteiger partial charge in [-0.15, -0.1) is 0 Å². The van der Waals surface area contributed by atoms with Gasteiger partial charge in [0.25, 0.3) is 5.91 Å². The first-order valence-corrected chi connectivity index (χ1v) is 7.16. The molecule has 2 aromatic carbocycles. The molecule has 0 fully saturated rings. The molecule has 0 aliphatic heterocycles. The van der Waals surface area contributed by atoms with Crippen molar-refractivity contribution in [1.82, 2.24) is 10.2 Å². The number of rotatable bonds is 4. The molecule has 0 saturated carbocycles. The zero-order valence-corrected chi connectivity index (χ0v) is 12.6. The lowest BCUT2D eigenvalue weighted by atomic mass is 10.1. The number of nitrogens with one attached hydrogen (secondary N) is 2. The maximum atomic E-state index is 12.4. The van der Waals surface area contributed by atoms with Crippen LogP contribution in [0.25, 0.3) is 10.9 Å². The fourth-order valence-corrected chi connectivity index (χ4v) is 2.40. The topological polar surface area (TPSA) is 101 Å². The highest BCUT2D eigenvalue weighted by Crippen LogP contribution is 2.19. The Labute approximate surface area is 132 Å². The number of hydrogen-bond donors (Lipinski definition) is 3. The molecule has 0 bridgehead atoms. The van der Waals surface area contributed by atoms with Crippen molar-refractivity contribution >= 4 is 28.4 Å². The van der Waals surface area contributed by atoms with E-state index >= 15 is 0 Å². The van der Waals surface area contributed by atoms with Crippen LogP contribution in [0.4, 0.5) is 5.69 Å². The van der Waals surface area contributed by atoms with Gasteiger partial charge in [-0.25, -0.2) is 0 Å². The van der Waals surface area contributed by atoms with Crippen molar-refractivity contribution in [3.63, 3.8) is 0 Å². The van der Waals surface area contributed by atoms with Gasteiger partial charge in [0.2, 0.25) is 5.91 Å². The number of amides is 2. The molecular formula is C17H16N4O2. The lowest BCUT2D eigenvalue weighted by Gasteiger charge is -2.05. The number of primary amides is 1. The van der Waals surface area contributed by atoms with Crippen molar-refractivity contribution in [3.8, 4) is 0 Å². The first-order chi connectivity index (χ1) is 11.0. The Kier molecular flexibility index (Phi) is 3.80. The van der Waals surface area contributed by atoms with Crippen LogP contribution >= 0.6 is 0 Å². The van der Waals surface area contributed by atoms with Crippen molar-refractivity contribution in [3.05, 3.63) is 59.3 Å². The molecule has 3 rings (SSSR count). The Morgan fingerprint density at radius 1 is 1.17 bits per heavy atom. The average molecular weight is 308 g/mol. The molecule has 1 aromatic heterocycles. The van der Waals surface area contributed by atoms with Gasteiger partial charge < -0.3 is 11.1 Å². The molecule has 116 valence electrons. The second-order valence-corrected chi connectivity index (χ2v) is 5.42. The van der Waals surface area contributed by atoms with Gasteiger partial charge >= 0.3 is 0 Å². The van der Waals surface area contributed by atoms with Crippen LogP contribution in [-0.2, 0) is 11.2 Å². The van der Waals surface area contributed by atoms with Crippen LogP contribution in [0.1, 0.15) is 21.6 Å². The summed E-state index contributed by atoms with van der Waals surface area (Å²) < 4.78 is 0. The molecule has 6 nitrogen and oxygen atoms in total. The summed E-state index contributed by atoms with van der Waals surface area (Å²) in [5, 5.41) is 10.5. The van der Waals surface area contributed by atoms with Gasteiger partial charge in [0.1, 0.15) is 0 Å².